The molecule has 0 aliphatic heterocycles. The number of carbonyl (C=O) groups excluding carboxylic acids is 1. The molecular formula is C18H22N6O2. The van der Waals surface area contributed by atoms with E-state index in [9.17, 15) is 4.79 Å². The zero-order valence-corrected chi connectivity index (χ0v) is 14.8. The molecule has 3 heterocycles. The number of fused-ring (bicyclic) bond motifs is 1. The van der Waals surface area contributed by atoms with Crippen molar-refractivity contribution >= 4 is 28.6 Å². The van der Waals surface area contributed by atoms with Gasteiger partial charge in [-0.15, -0.1) is 0 Å². The van der Waals surface area contributed by atoms with E-state index in [2.05, 4.69) is 25.3 Å². The van der Waals surface area contributed by atoms with Crippen molar-refractivity contribution in [3.05, 3.63) is 37.2 Å². The van der Waals surface area contributed by atoms with Crippen molar-refractivity contribution in [3.8, 4) is 0 Å². The molecule has 8 nitrogen and oxygen atoms in total. The second-order valence-electron chi connectivity index (χ2n) is 5.89. The molecule has 0 aliphatic carbocycles. The first-order valence-corrected chi connectivity index (χ1v) is 8.72. The smallest absolute Gasteiger partial charge is 0.231 e. The highest BCUT2D eigenvalue weighted by Crippen LogP contribution is 2.28. The van der Waals surface area contributed by atoms with Gasteiger partial charge in [-0.05, 0) is 18.9 Å². The molecule has 0 saturated carbocycles. The number of anilines is 2. The summed E-state index contributed by atoms with van der Waals surface area (Å²) in [5.74, 6) is 1.59. The summed E-state index contributed by atoms with van der Waals surface area (Å²) in [6.07, 6.45) is 12.6. The van der Waals surface area contributed by atoms with E-state index in [4.69, 9.17) is 4.42 Å². The quantitative estimate of drug-likeness (QED) is 0.590. The minimum absolute atomic E-state index is 0.0922. The van der Waals surface area contributed by atoms with Gasteiger partial charge in [0.15, 0.2) is 5.82 Å². The number of nitrogens with zero attached hydrogens (tertiary/aromatic N) is 5. The van der Waals surface area contributed by atoms with Crippen molar-refractivity contribution in [1.82, 2.24) is 25.3 Å². The topological polar surface area (TPSA) is 97.0 Å². The van der Waals surface area contributed by atoms with Gasteiger partial charge in [-0.2, -0.15) is 0 Å². The van der Waals surface area contributed by atoms with Crippen LogP contribution in [0.2, 0.25) is 0 Å². The second kappa shape index (κ2) is 8.89. The van der Waals surface area contributed by atoms with E-state index >= 15 is 0 Å². The lowest BCUT2D eigenvalue weighted by atomic mass is 10.1. The molecule has 8 heteroatoms. The van der Waals surface area contributed by atoms with E-state index in [1.54, 1.807) is 31.9 Å². The van der Waals surface area contributed by atoms with Gasteiger partial charge in [-0.1, -0.05) is 12.8 Å². The number of aromatic nitrogens is 4. The number of nitrogens with one attached hydrogen (secondary N) is 1. The van der Waals surface area contributed by atoms with Crippen LogP contribution in [0.4, 0.5) is 11.6 Å². The van der Waals surface area contributed by atoms with Crippen molar-refractivity contribution in [3.63, 3.8) is 0 Å². The predicted molar refractivity (Wildman–Crippen MR) is 98.0 cm³/mol. The van der Waals surface area contributed by atoms with Crippen molar-refractivity contribution in [2.24, 2.45) is 0 Å². The lowest BCUT2D eigenvalue weighted by Crippen LogP contribution is -2.21. The summed E-state index contributed by atoms with van der Waals surface area (Å²) in [5.41, 5.74) is 0.550. The van der Waals surface area contributed by atoms with Crippen LogP contribution in [0.3, 0.4) is 0 Å². The summed E-state index contributed by atoms with van der Waals surface area (Å²) >= 11 is 0. The third-order valence-electron chi connectivity index (χ3n) is 4.14. The molecular weight excluding hydrogens is 332 g/mol. The van der Waals surface area contributed by atoms with E-state index in [0.717, 1.165) is 49.2 Å². The Labute approximate surface area is 151 Å². The number of amides is 1. The lowest BCUT2D eigenvalue weighted by molar-refractivity contribution is -0.120. The summed E-state index contributed by atoms with van der Waals surface area (Å²) in [6.45, 7) is 0.746. The fraction of sp³-hybridized carbons (Fsp3) is 0.389. The molecule has 26 heavy (non-hydrogen) atoms. The van der Waals surface area contributed by atoms with Gasteiger partial charge in [0.2, 0.25) is 11.6 Å². The predicted octanol–water partition coefficient (Wildman–Crippen LogP) is 2.85. The number of rotatable bonds is 9. The van der Waals surface area contributed by atoms with E-state index in [0.29, 0.717) is 12.1 Å². The van der Waals surface area contributed by atoms with Crippen molar-refractivity contribution < 1.29 is 9.21 Å². The Morgan fingerprint density at radius 1 is 1.15 bits per heavy atom. The first-order chi connectivity index (χ1) is 12.8. The van der Waals surface area contributed by atoms with Crippen LogP contribution in [0.15, 0.2) is 41.7 Å². The zero-order chi connectivity index (χ0) is 18.2. The third kappa shape index (κ3) is 4.33. The number of hydrogen-bond acceptors (Lipinski definition) is 7. The molecule has 0 atom stereocenters. The van der Waals surface area contributed by atoms with Crippen LogP contribution < -0.4 is 10.2 Å². The molecule has 3 rings (SSSR count). The highest BCUT2D eigenvalue weighted by atomic mass is 16.3. The molecule has 0 unspecified atom stereocenters. The first-order valence-electron chi connectivity index (χ1n) is 8.72. The fourth-order valence-corrected chi connectivity index (χ4v) is 2.79. The number of unbranched alkanes of at least 4 members (excludes halogenated alkanes) is 3. The Kier molecular flexibility index (Phi) is 6.08. The molecule has 136 valence electrons. The number of hydrogen-bond donors (Lipinski definition) is 1. The largest absolute Gasteiger partial charge is 0.446 e. The molecule has 3 aromatic heterocycles. The van der Waals surface area contributed by atoms with Crippen LogP contribution in [0.1, 0.15) is 32.1 Å². The standard InChI is InChI=1S/C18H22N6O2/c1-19-16(25)6-4-2-3-5-10-24(15-12-20-8-9-21-15)17-14-7-11-26-18(14)23-13-22-17/h7-9,11-13H,2-6,10H2,1H3,(H,19,25). The van der Waals surface area contributed by atoms with Gasteiger partial charge in [0.1, 0.15) is 12.1 Å². The monoisotopic (exact) mass is 354 g/mol. The minimum atomic E-state index is 0.0922. The average molecular weight is 354 g/mol. The van der Waals surface area contributed by atoms with Crippen LogP contribution >= 0.6 is 0 Å². The van der Waals surface area contributed by atoms with Gasteiger partial charge in [0.05, 0.1) is 17.8 Å². The molecule has 3 aromatic rings. The highest BCUT2D eigenvalue weighted by molar-refractivity contribution is 5.87. The molecule has 0 bridgehead atoms. The van der Waals surface area contributed by atoms with Crippen LogP contribution in [0, 0.1) is 0 Å². The van der Waals surface area contributed by atoms with E-state index in [1.807, 2.05) is 11.0 Å². The van der Waals surface area contributed by atoms with Gasteiger partial charge in [-0.3, -0.25) is 9.78 Å². The van der Waals surface area contributed by atoms with Crippen molar-refractivity contribution in [2.45, 2.75) is 32.1 Å². The molecule has 0 aliphatic rings. The summed E-state index contributed by atoms with van der Waals surface area (Å²) in [5, 5.41) is 3.49. The Bertz CT molecular complexity index is 836. The maximum absolute atomic E-state index is 11.3. The van der Waals surface area contributed by atoms with E-state index in [1.165, 1.54) is 6.33 Å². The molecule has 1 amide bonds. The van der Waals surface area contributed by atoms with Crippen molar-refractivity contribution in [2.75, 3.05) is 18.5 Å². The summed E-state index contributed by atoms with van der Waals surface area (Å²) in [7, 11) is 1.67. The maximum Gasteiger partial charge on any atom is 0.231 e. The summed E-state index contributed by atoms with van der Waals surface area (Å²) < 4.78 is 5.38. The zero-order valence-electron chi connectivity index (χ0n) is 14.8. The van der Waals surface area contributed by atoms with E-state index < -0.39 is 0 Å². The molecule has 0 saturated heterocycles. The Balaban J connectivity index is 1.68. The Hall–Kier alpha value is -3.03. The molecule has 0 aromatic carbocycles. The molecule has 0 spiro atoms. The molecule has 1 N–H and O–H groups in total. The average Bonchev–Trinajstić information content (AvgIpc) is 3.17. The molecule has 0 radical (unpaired) electrons. The van der Waals surface area contributed by atoms with Gasteiger partial charge in [-0.25, -0.2) is 15.0 Å². The van der Waals surface area contributed by atoms with Gasteiger partial charge < -0.3 is 14.6 Å². The SMILES string of the molecule is CNC(=O)CCCCCCN(c1cnccn1)c1ncnc2occc12. The lowest BCUT2D eigenvalue weighted by Gasteiger charge is -2.22. The first kappa shape index (κ1) is 17.8. The number of furan rings is 1. The van der Waals surface area contributed by atoms with Gasteiger partial charge >= 0.3 is 0 Å². The Morgan fingerprint density at radius 3 is 2.85 bits per heavy atom. The third-order valence-corrected chi connectivity index (χ3v) is 4.14. The van der Waals surface area contributed by atoms with Gasteiger partial charge in [0, 0.05) is 32.4 Å². The van der Waals surface area contributed by atoms with Crippen LogP contribution in [0.5, 0.6) is 0 Å². The van der Waals surface area contributed by atoms with Crippen LogP contribution in [0.25, 0.3) is 11.1 Å². The Morgan fingerprint density at radius 2 is 2.04 bits per heavy atom. The van der Waals surface area contributed by atoms with Crippen LogP contribution in [-0.4, -0.2) is 39.4 Å². The minimum Gasteiger partial charge on any atom is -0.446 e. The summed E-state index contributed by atoms with van der Waals surface area (Å²) in [4.78, 5) is 30.5. The van der Waals surface area contributed by atoms with Crippen LogP contribution in [-0.2, 0) is 4.79 Å². The number of carbonyl (C=O) groups is 1. The van der Waals surface area contributed by atoms with Gasteiger partial charge in [0.25, 0.3) is 0 Å². The maximum atomic E-state index is 11.3. The normalized spacial score (nSPS) is 10.8. The van der Waals surface area contributed by atoms with E-state index in [-0.39, 0.29) is 5.91 Å². The fourth-order valence-electron chi connectivity index (χ4n) is 2.79. The summed E-state index contributed by atoms with van der Waals surface area (Å²) in [6, 6.07) is 1.86. The highest BCUT2D eigenvalue weighted by Gasteiger charge is 2.16. The second-order valence-corrected chi connectivity index (χ2v) is 5.89. The van der Waals surface area contributed by atoms with Crippen molar-refractivity contribution in [1.29, 1.82) is 0 Å². The molecule has 0 fully saturated rings.